The number of hydrogen-bond acceptors (Lipinski definition) is 4. The molecule has 4 rings (SSSR count). The number of H-pyrrole nitrogens is 1. The van der Waals surface area contributed by atoms with Crippen LogP contribution in [0.5, 0.6) is 0 Å². The highest BCUT2D eigenvalue weighted by Crippen LogP contribution is 2.26. The molecule has 0 aliphatic heterocycles. The minimum atomic E-state index is 0.521. The topological polar surface area (TPSA) is 79.6 Å². The molecule has 0 aliphatic rings. The van der Waals surface area contributed by atoms with E-state index in [0.29, 0.717) is 5.82 Å². The van der Waals surface area contributed by atoms with Gasteiger partial charge in [-0.15, -0.1) is 0 Å². The Balaban J connectivity index is 1.59. The van der Waals surface area contributed by atoms with Gasteiger partial charge in [0.25, 0.3) is 0 Å². The fourth-order valence-electron chi connectivity index (χ4n) is 2.71. The predicted molar refractivity (Wildman–Crippen MR) is 97.5 cm³/mol. The summed E-state index contributed by atoms with van der Waals surface area (Å²) in [4.78, 5) is 4.35. The average molecular weight is 315 g/mol. The monoisotopic (exact) mass is 315 g/mol. The van der Waals surface area contributed by atoms with E-state index in [4.69, 9.17) is 5.73 Å². The van der Waals surface area contributed by atoms with Gasteiger partial charge in [-0.3, -0.25) is 10.1 Å². The van der Waals surface area contributed by atoms with Crippen molar-refractivity contribution in [3.8, 4) is 11.1 Å². The molecular weight excluding hydrogens is 298 g/mol. The van der Waals surface area contributed by atoms with Crippen LogP contribution in [-0.2, 0) is 6.54 Å². The number of nitrogens with two attached hydrogens (primary N) is 1. The van der Waals surface area contributed by atoms with E-state index in [1.165, 1.54) is 5.56 Å². The molecule has 2 heterocycles. The Labute approximate surface area is 139 Å². The number of aromatic nitrogens is 3. The number of nitrogen functional groups attached to an aromatic ring is 1. The Bertz CT molecular complexity index is 975. The number of nitrogens with one attached hydrogen (secondary N) is 2. The van der Waals surface area contributed by atoms with Crippen molar-refractivity contribution in [2.75, 3.05) is 11.1 Å². The quantitative estimate of drug-likeness (QED) is 0.535. The van der Waals surface area contributed by atoms with E-state index in [-0.39, 0.29) is 0 Å². The van der Waals surface area contributed by atoms with Crippen molar-refractivity contribution in [2.45, 2.75) is 6.54 Å². The van der Waals surface area contributed by atoms with E-state index in [2.05, 4.69) is 38.7 Å². The molecule has 5 heteroatoms. The van der Waals surface area contributed by atoms with Gasteiger partial charge >= 0.3 is 0 Å². The molecule has 0 saturated carbocycles. The summed E-state index contributed by atoms with van der Waals surface area (Å²) >= 11 is 0. The Morgan fingerprint density at radius 3 is 2.71 bits per heavy atom. The Kier molecular flexibility index (Phi) is 3.59. The molecule has 0 aliphatic carbocycles. The SMILES string of the molecule is Nc1n[nH]c2cc(-c3cncc(NCc4ccccc4)c3)ccc12. The summed E-state index contributed by atoms with van der Waals surface area (Å²) in [5, 5.41) is 11.3. The molecule has 2 aromatic heterocycles. The lowest BCUT2D eigenvalue weighted by Crippen LogP contribution is -1.99. The summed E-state index contributed by atoms with van der Waals surface area (Å²) < 4.78 is 0. The molecule has 0 bridgehead atoms. The van der Waals surface area contributed by atoms with Gasteiger partial charge in [-0.1, -0.05) is 36.4 Å². The third-order valence-electron chi connectivity index (χ3n) is 4.00. The van der Waals surface area contributed by atoms with Gasteiger partial charge in [-0.05, 0) is 29.3 Å². The maximum absolute atomic E-state index is 5.82. The van der Waals surface area contributed by atoms with E-state index < -0.39 is 0 Å². The number of rotatable bonds is 4. The van der Waals surface area contributed by atoms with E-state index in [0.717, 1.165) is 34.3 Å². The molecule has 0 atom stereocenters. The molecule has 4 N–H and O–H groups in total. The highest BCUT2D eigenvalue weighted by Gasteiger charge is 2.05. The molecule has 118 valence electrons. The Morgan fingerprint density at radius 1 is 0.958 bits per heavy atom. The van der Waals surface area contributed by atoms with Crippen LogP contribution in [0.15, 0.2) is 67.0 Å². The highest BCUT2D eigenvalue weighted by atomic mass is 15.1. The smallest absolute Gasteiger partial charge is 0.153 e. The fraction of sp³-hybridized carbons (Fsp3) is 0.0526. The maximum atomic E-state index is 5.82. The van der Waals surface area contributed by atoms with Crippen molar-refractivity contribution in [1.82, 2.24) is 15.2 Å². The second-order valence-corrected chi connectivity index (χ2v) is 5.67. The lowest BCUT2D eigenvalue weighted by Gasteiger charge is -2.08. The molecule has 0 amide bonds. The lowest BCUT2D eigenvalue weighted by molar-refractivity contribution is 1.13. The largest absolute Gasteiger partial charge is 0.382 e. The standard InChI is InChI=1S/C19H17N5/c20-19-17-7-6-14(9-18(17)23-24-19)15-8-16(12-21-11-15)22-10-13-4-2-1-3-5-13/h1-9,11-12,22H,10H2,(H3,20,23,24). The third-order valence-corrected chi connectivity index (χ3v) is 4.00. The Morgan fingerprint density at radius 2 is 1.83 bits per heavy atom. The molecule has 0 spiro atoms. The van der Waals surface area contributed by atoms with Crippen molar-refractivity contribution in [3.63, 3.8) is 0 Å². The van der Waals surface area contributed by atoms with Crippen LogP contribution in [0.4, 0.5) is 11.5 Å². The number of aromatic amines is 1. The molecule has 2 aromatic carbocycles. The molecule has 4 aromatic rings. The van der Waals surface area contributed by atoms with E-state index >= 15 is 0 Å². The van der Waals surface area contributed by atoms with Gasteiger partial charge in [0.1, 0.15) is 0 Å². The first-order chi connectivity index (χ1) is 11.8. The summed E-state index contributed by atoms with van der Waals surface area (Å²) in [6.07, 6.45) is 3.69. The first-order valence-electron chi connectivity index (χ1n) is 7.76. The van der Waals surface area contributed by atoms with E-state index in [1.807, 2.05) is 48.8 Å². The minimum Gasteiger partial charge on any atom is -0.382 e. The van der Waals surface area contributed by atoms with Gasteiger partial charge in [-0.25, -0.2) is 0 Å². The molecule has 0 saturated heterocycles. The van der Waals surface area contributed by atoms with Crippen LogP contribution >= 0.6 is 0 Å². The van der Waals surface area contributed by atoms with Gasteiger partial charge in [-0.2, -0.15) is 5.10 Å². The predicted octanol–water partition coefficient (Wildman–Crippen LogP) is 3.82. The molecule has 24 heavy (non-hydrogen) atoms. The van der Waals surface area contributed by atoms with Crippen LogP contribution in [0.1, 0.15) is 5.56 Å². The molecular formula is C19H17N5. The summed E-state index contributed by atoms with van der Waals surface area (Å²) in [5.74, 6) is 0.521. The van der Waals surface area contributed by atoms with Crippen molar-refractivity contribution >= 4 is 22.4 Å². The van der Waals surface area contributed by atoms with Gasteiger partial charge < -0.3 is 11.1 Å². The molecule has 0 unspecified atom stereocenters. The number of fused-ring (bicyclic) bond motifs is 1. The third kappa shape index (κ3) is 2.79. The van der Waals surface area contributed by atoms with Crippen LogP contribution in [0, 0.1) is 0 Å². The van der Waals surface area contributed by atoms with Crippen molar-refractivity contribution in [1.29, 1.82) is 0 Å². The second-order valence-electron chi connectivity index (χ2n) is 5.67. The van der Waals surface area contributed by atoms with Gasteiger partial charge in [0.15, 0.2) is 5.82 Å². The number of nitrogens with zero attached hydrogens (tertiary/aromatic N) is 2. The van der Waals surface area contributed by atoms with Crippen molar-refractivity contribution < 1.29 is 0 Å². The van der Waals surface area contributed by atoms with Crippen LogP contribution in [0.3, 0.4) is 0 Å². The van der Waals surface area contributed by atoms with E-state index in [1.54, 1.807) is 0 Å². The number of benzene rings is 2. The van der Waals surface area contributed by atoms with Gasteiger partial charge in [0.05, 0.1) is 11.2 Å². The number of pyridine rings is 1. The van der Waals surface area contributed by atoms with Crippen LogP contribution in [-0.4, -0.2) is 15.2 Å². The second kappa shape index (κ2) is 6.04. The summed E-state index contributed by atoms with van der Waals surface area (Å²) in [5.41, 5.74) is 11.1. The molecule has 5 nitrogen and oxygen atoms in total. The molecule has 0 radical (unpaired) electrons. The summed E-state index contributed by atoms with van der Waals surface area (Å²) in [6.45, 7) is 0.766. The average Bonchev–Trinajstić information content (AvgIpc) is 3.02. The highest BCUT2D eigenvalue weighted by molar-refractivity contribution is 5.91. The molecule has 0 fully saturated rings. The minimum absolute atomic E-state index is 0.521. The van der Waals surface area contributed by atoms with Gasteiger partial charge in [0, 0.05) is 29.9 Å². The van der Waals surface area contributed by atoms with Crippen molar-refractivity contribution in [2.24, 2.45) is 0 Å². The zero-order valence-electron chi connectivity index (χ0n) is 13.0. The first-order valence-corrected chi connectivity index (χ1v) is 7.76. The fourth-order valence-corrected chi connectivity index (χ4v) is 2.71. The maximum Gasteiger partial charge on any atom is 0.153 e. The number of anilines is 2. The van der Waals surface area contributed by atoms with Crippen LogP contribution in [0.2, 0.25) is 0 Å². The van der Waals surface area contributed by atoms with Crippen molar-refractivity contribution in [3.05, 3.63) is 72.6 Å². The van der Waals surface area contributed by atoms with E-state index in [9.17, 15) is 0 Å². The zero-order valence-corrected chi connectivity index (χ0v) is 13.0. The Hall–Kier alpha value is -3.34. The summed E-state index contributed by atoms with van der Waals surface area (Å²) in [6, 6.07) is 18.4. The zero-order chi connectivity index (χ0) is 16.4. The van der Waals surface area contributed by atoms with Gasteiger partial charge in [0.2, 0.25) is 0 Å². The number of hydrogen-bond donors (Lipinski definition) is 3. The summed E-state index contributed by atoms with van der Waals surface area (Å²) in [7, 11) is 0. The first kappa shape index (κ1) is 14.3. The lowest BCUT2D eigenvalue weighted by atomic mass is 10.1. The van der Waals surface area contributed by atoms with Crippen LogP contribution < -0.4 is 11.1 Å². The van der Waals surface area contributed by atoms with Crippen LogP contribution in [0.25, 0.3) is 22.0 Å². The normalized spacial score (nSPS) is 10.8.